The minimum absolute atomic E-state index is 0.213. The summed E-state index contributed by atoms with van der Waals surface area (Å²) in [6.07, 6.45) is 3.49. The van der Waals surface area contributed by atoms with Crippen molar-refractivity contribution in [1.29, 1.82) is 0 Å². The van der Waals surface area contributed by atoms with E-state index < -0.39 is 0 Å². The first-order chi connectivity index (χ1) is 5.31. The van der Waals surface area contributed by atoms with Crippen molar-refractivity contribution in [3.05, 3.63) is 0 Å². The fourth-order valence-electron chi connectivity index (χ4n) is 2.30. The minimum atomic E-state index is 0.213. The standard InChI is InChI=1S/C8H14N2O/c1-9-8(11)6-4-5-2-3-7(6)10-5/h5-7,10H,2-4H2,1H3,(H,9,11). The number of nitrogens with one attached hydrogen (secondary N) is 2. The fraction of sp³-hybridized carbons (Fsp3) is 0.875. The molecule has 2 N–H and O–H groups in total. The number of rotatable bonds is 1. The lowest BCUT2D eigenvalue weighted by molar-refractivity contribution is -0.125. The van der Waals surface area contributed by atoms with E-state index in [1.54, 1.807) is 7.05 Å². The maximum absolute atomic E-state index is 11.3. The zero-order valence-corrected chi connectivity index (χ0v) is 6.76. The van der Waals surface area contributed by atoms with E-state index >= 15 is 0 Å². The molecule has 2 aliphatic heterocycles. The van der Waals surface area contributed by atoms with Gasteiger partial charge >= 0.3 is 0 Å². The summed E-state index contributed by atoms with van der Waals surface area (Å²) in [6.45, 7) is 0. The average Bonchev–Trinajstić information content (AvgIpc) is 2.62. The molecule has 2 heterocycles. The molecule has 2 aliphatic rings. The molecule has 0 saturated carbocycles. The van der Waals surface area contributed by atoms with Crippen LogP contribution in [0.4, 0.5) is 0 Å². The summed E-state index contributed by atoms with van der Waals surface area (Å²) in [5, 5.41) is 6.15. The first-order valence-electron chi connectivity index (χ1n) is 4.29. The van der Waals surface area contributed by atoms with Gasteiger partial charge in [0.25, 0.3) is 0 Å². The van der Waals surface area contributed by atoms with Crippen molar-refractivity contribution in [2.24, 2.45) is 5.92 Å². The summed E-state index contributed by atoms with van der Waals surface area (Å²) in [4.78, 5) is 11.3. The third kappa shape index (κ3) is 1.03. The monoisotopic (exact) mass is 154 g/mol. The second-order valence-electron chi connectivity index (χ2n) is 3.50. The lowest BCUT2D eigenvalue weighted by atomic mass is 9.89. The molecule has 2 saturated heterocycles. The van der Waals surface area contributed by atoms with Gasteiger partial charge in [-0.2, -0.15) is 0 Å². The van der Waals surface area contributed by atoms with Gasteiger partial charge in [-0.25, -0.2) is 0 Å². The largest absolute Gasteiger partial charge is 0.359 e. The van der Waals surface area contributed by atoms with E-state index in [2.05, 4.69) is 10.6 Å². The first-order valence-corrected chi connectivity index (χ1v) is 4.29. The molecule has 0 aromatic carbocycles. The van der Waals surface area contributed by atoms with Gasteiger partial charge in [0.05, 0.1) is 5.92 Å². The van der Waals surface area contributed by atoms with Crippen LogP contribution in [0.1, 0.15) is 19.3 Å². The van der Waals surface area contributed by atoms with E-state index in [0.717, 1.165) is 6.42 Å². The van der Waals surface area contributed by atoms with Crippen molar-refractivity contribution in [2.75, 3.05) is 7.05 Å². The van der Waals surface area contributed by atoms with Gasteiger partial charge in [0.1, 0.15) is 0 Å². The molecule has 3 unspecified atom stereocenters. The van der Waals surface area contributed by atoms with E-state index in [1.807, 2.05) is 0 Å². The third-order valence-electron chi connectivity index (χ3n) is 2.88. The quantitative estimate of drug-likeness (QED) is 0.552. The van der Waals surface area contributed by atoms with Crippen molar-refractivity contribution < 1.29 is 4.79 Å². The Morgan fingerprint density at radius 3 is 2.82 bits per heavy atom. The Labute approximate surface area is 66.5 Å². The van der Waals surface area contributed by atoms with Crippen LogP contribution in [-0.2, 0) is 4.79 Å². The number of carbonyl (C=O) groups excluding carboxylic acids is 1. The topological polar surface area (TPSA) is 41.1 Å². The third-order valence-corrected chi connectivity index (χ3v) is 2.88. The van der Waals surface area contributed by atoms with E-state index in [0.29, 0.717) is 12.1 Å². The van der Waals surface area contributed by atoms with Crippen LogP contribution in [-0.4, -0.2) is 25.0 Å². The SMILES string of the molecule is CNC(=O)C1CC2CCC1N2. The highest BCUT2D eigenvalue weighted by molar-refractivity contribution is 5.79. The van der Waals surface area contributed by atoms with Crippen LogP contribution in [0, 0.1) is 5.92 Å². The van der Waals surface area contributed by atoms with E-state index in [9.17, 15) is 4.79 Å². The molecule has 2 bridgehead atoms. The van der Waals surface area contributed by atoms with Crippen LogP contribution in [0.25, 0.3) is 0 Å². The van der Waals surface area contributed by atoms with Gasteiger partial charge < -0.3 is 10.6 Å². The maximum atomic E-state index is 11.3. The molecule has 0 aliphatic carbocycles. The number of fused-ring (bicyclic) bond motifs is 2. The molecule has 3 atom stereocenters. The van der Waals surface area contributed by atoms with Crippen LogP contribution < -0.4 is 10.6 Å². The maximum Gasteiger partial charge on any atom is 0.224 e. The Hall–Kier alpha value is -0.570. The Kier molecular flexibility index (Phi) is 1.60. The molecule has 0 aromatic heterocycles. The molecular weight excluding hydrogens is 140 g/mol. The van der Waals surface area contributed by atoms with Crippen molar-refractivity contribution in [1.82, 2.24) is 10.6 Å². The van der Waals surface area contributed by atoms with Gasteiger partial charge in [-0.15, -0.1) is 0 Å². The van der Waals surface area contributed by atoms with Crippen molar-refractivity contribution >= 4 is 5.91 Å². The number of carbonyl (C=O) groups is 1. The van der Waals surface area contributed by atoms with E-state index in [-0.39, 0.29) is 11.8 Å². The molecular formula is C8H14N2O. The van der Waals surface area contributed by atoms with Crippen LogP contribution in [0.5, 0.6) is 0 Å². The molecule has 11 heavy (non-hydrogen) atoms. The smallest absolute Gasteiger partial charge is 0.224 e. The summed E-state index contributed by atoms with van der Waals surface area (Å²) < 4.78 is 0. The molecule has 1 amide bonds. The summed E-state index contributed by atoms with van der Waals surface area (Å²) in [7, 11) is 1.72. The molecule has 3 heteroatoms. The molecule has 0 spiro atoms. The predicted octanol–water partition coefficient (Wildman–Crippen LogP) is -0.127. The minimum Gasteiger partial charge on any atom is -0.359 e. The fourth-order valence-corrected chi connectivity index (χ4v) is 2.30. The molecule has 0 aromatic rings. The second-order valence-corrected chi connectivity index (χ2v) is 3.50. The van der Waals surface area contributed by atoms with Crippen LogP contribution >= 0.6 is 0 Å². The van der Waals surface area contributed by atoms with E-state index in [4.69, 9.17) is 0 Å². The van der Waals surface area contributed by atoms with Gasteiger partial charge in [0.15, 0.2) is 0 Å². The molecule has 2 fully saturated rings. The zero-order chi connectivity index (χ0) is 7.84. The second kappa shape index (κ2) is 2.48. The van der Waals surface area contributed by atoms with Crippen molar-refractivity contribution in [3.8, 4) is 0 Å². The highest BCUT2D eigenvalue weighted by Crippen LogP contribution is 2.32. The Morgan fingerprint density at radius 1 is 1.55 bits per heavy atom. The van der Waals surface area contributed by atoms with Crippen LogP contribution in [0.2, 0.25) is 0 Å². The van der Waals surface area contributed by atoms with Gasteiger partial charge in [-0.1, -0.05) is 0 Å². The predicted molar refractivity (Wildman–Crippen MR) is 42.1 cm³/mol. The van der Waals surface area contributed by atoms with Crippen LogP contribution in [0.3, 0.4) is 0 Å². The van der Waals surface area contributed by atoms with Gasteiger partial charge in [0.2, 0.25) is 5.91 Å². The van der Waals surface area contributed by atoms with Gasteiger partial charge in [-0.05, 0) is 19.3 Å². The Balaban J connectivity index is 2.02. The summed E-state index contributed by atoms with van der Waals surface area (Å²) in [6, 6.07) is 1.10. The summed E-state index contributed by atoms with van der Waals surface area (Å²) in [5.41, 5.74) is 0. The molecule has 2 rings (SSSR count). The van der Waals surface area contributed by atoms with Crippen LogP contribution in [0.15, 0.2) is 0 Å². The van der Waals surface area contributed by atoms with E-state index in [1.165, 1.54) is 12.8 Å². The normalized spacial score (nSPS) is 41.0. The first kappa shape index (κ1) is 7.10. The highest BCUT2D eigenvalue weighted by atomic mass is 16.1. The lowest BCUT2D eigenvalue weighted by Gasteiger charge is -2.17. The van der Waals surface area contributed by atoms with Crippen molar-refractivity contribution in [2.45, 2.75) is 31.3 Å². The Morgan fingerprint density at radius 2 is 2.36 bits per heavy atom. The van der Waals surface area contributed by atoms with Gasteiger partial charge in [-0.3, -0.25) is 4.79 Å². The molecule has 0 radical (unpaired) electrons. The summed E-state index contributed by atoms with van der Waals surface area (Å²) in [5.74, 6) is 0.462. The van der Waals surface area contributed by atoms with Gasteiger partial charge in [0, 0.05) is 19.1 Å². The number of hydrogen-bond donors (Lipinski definition) is 2. The lowest BCUT2D eigenvalue weighted by Crippen LogP contribution is -2.35. The molecule has 3 nitrogen and oxygen atoms in total. The summed E-state index contributed by atoms with van der Waals surface area (Å²) >= 11 is 0. The van der Waals surface area contributed by atoms with Crippen molar-refractivity contribution in [3.63, 3.8) is 0 Å². The highest BCUT2D eigenvalue weighted by Gasteiger charge is 2.42. The Bertz CT molecular complexity index is 181. The zero-order valence-electron chi connectivity index (χ0n) is 6.76. The number of amides is 1. The number of hydrogen-bond acceptors (Lipinski definition) is 2. The average molecular weight is 154 g/mol. The molecule has 62 valence electrons.